The van der Waals surface area contributed by atoms with Gasteiger partial charge in [-0.05, 0) is 5.41 Å². The first kappa shape index (κ1) is 9.56. The summed E-state index contributed by atoms with van der Waals surface area (Å²) in [7, 11) is 4.37. The van der Waals surface area contributed by atoms with E-state index in [1.807, 2.05) is 0 Å². The van der Waals surface area contributed by atoms with Gasteiger partial charge in [-0.1, -0.05) is 20.8 Å². The summed E-state index contributed by atoms with van der Waals surface area (Å²) in [6, 6.07) is 0. The summed E-state index contributed by atoms with van der Waals surface area (Å²) in [4.78, 5) is 2.37. The van der Waals surface area contributed by atoms with Crippen LogP contribution in [0.5, 0.6) is 0 Å². The Morgan fingerprint density at radius 2 is 2.00 bits per heavy atom. The van der Waals surface area contributed by atoms with Crippen molar-refractivity contribution < 1.29 is 4.58 Å². The van der Waals surface area contributed by atoms with Gasteiger partial charge in [-0.15, -0.1) is 0 Å². The van der Waals surface area contributed by atoms with Crippen molar-refractivity contribution in [3.05, 3.63) is 0 Å². The maximum absolute atomic E-state index is 2.37. The van der Waals surface area contributed by atoms with Gasteiger partial charge < -0.3 is 0 Å². The molecule has 0 atom stereocenters. The Labute approximate surface area is 75.9 Å². The second kappa shape index (κ2) is 3.08. The first-order valence-corrected chi connectivity index (χ1v) is 4.68. The van der Waals surface area contributed by atoms with E-state index in [0.29, 0.717) is 5.41 Å². The van der Waals surface area contributed by atoms with E-state index in [1.165, 1.54) is 25.3 Å². The second-order valence-electron chi connectivity index (χ2n) is 5.00. The first-order chi connectivity index (χ1) is 5.40. The Kier molecular flexibility index (Phi) is 2.45. The lowest BCUT2D eigenvalue weighted by Gasteiger charge is -2.18. The number of rotatable bonds is 1. The van der Waals surface area contributed by atoms with Gasteiger partial charge in [0.1, 0.15) is 13.1 Å². The number of hydrogen-bond acceptors (Lipinski definition) is 1. The molecule has 0 aliphatic carbocycles. The Morgan fingerprint density at radius 1 is 1.42 bits per heavy atom. The van der Waals surface area contributed by atoms with E-state index in [0.717, 1.165) is 0 Å². The molecular formula is C10H21N2+. The average Bonchev–Trinajstić information content (AvgIpc) is 2.16. The molecule has 1 aliphatic rings. The zero-order valence-electron chi connectivity index (χ0n) is 9.02. The molecule has 70 valence electrons. The van der Waals surface area contributed by atoms with Crippen LogP contribution in [0.1, 0.15) is 27.2 Å². The first-order valence-electron chi connectivity index (χ1n) is 4.68. The van der Waals surface area contributed by atoms with E-state index in [-0.39, 0.29) is 0 Å². The third-order valence-corrected chi connectivity index (χ3v) is 2.34. The molecule has 0 saturated heterocycles. The zero-order chi connectivity index (χ0) is 9.35. The number of hydrogen-bond donors (Lipinski definition) is 0. The lowest BCUT2D eigenvalue weighted by molar-refractivity contribution is -0.488. The summed E-state index contributed by atoms with van der Waals surface area (Å²) >= 11 is 0. The molecular weight excluding hydrogens is 148 g/mol. The van der Waals surface area contributed by atoms with Crippen LogP contribution in [0.25, 0.3) is 0 Å². The molecule has 0 fully saturated rings. The predicted molar refractivity (Wildman–Crippen MR) is 52.8 cm³/mol. The SMILES string of the molecule is CN1CC[N+](C)=C1CC(C)(C)C. The molecule has 0 radical (unpaired) electrons. The van der Waals surface area contributed by atoms with Crippen molar-refractivity contribution in [2.45, 2.75) is 27.2 Å². The quantitative estimate of drug-likeness (QED) is 0.538. The van der Waals surface area contributed by atoms with E-state index in [2.05, 4.69) is 44.3 Å². The fourth-order valence-electron chi connectivity index (χ4n) is 1.59. The van der Waals surface area contributed by atoms with Crippen LogP contribution in [-0.2, 0) is 0 Å². The van der Waals surface area contributed by atoms with Crippen LogP contribution in [-0.4, -0.2) is 42.5 Å². The van der Waals surface area contributed by atoms with E-state index < -0.39 is 0 Å². The van der Waals surface area contributed by atoms with Crippen LogP contribution in [0, 0.1) is 5.41 Å². The third kappa shape index (κ3) is 2.23. The Balaban J connectivity index is 2.68. The summed E-state index contributed by atoms with van der Waals surface area (Å²) in [5, 5.41) is 0. The van der Waals surface area contributed by atoms with Gasteiger partial charge in [0, 0.05) is 0 Å². The van der Waals surface area contributed by atoms with Gasteiger partial charge in [-0.25, -0.2) is 0 Å². The molecule has 0 spiro atoms. The summed E-state index contributed by atoms with van der Waals surface area (Å²) in [5.74, 6) is 1.49. The van der Waals surface area contributed by atoms with Crippen LogP contribution in [0.15, 0.2) is 0 Å². The van der Waals surface area contributed by atoms with E-state index in [9.17, 15) is 0 Å². The highest BCUT2D eigenvalue weighted by atomic mass is 15.3. The highest BCUT2D eigenvalue weighted by Crippen LogP contribution is 2.21. The van der Waals surface area contributed by atoms with Gasteiger partial charge in [0.15, 0.2) is 0 Å². The van der Waals surface area contributed by atoms with E-state index >= 15 is 0 Å². The van der Waals surface area contributed by atoms with Crippen LogP contribution < -0.4 is 0 Å². The Bertz CT molecular complexity index is 198. The molecule has 1 rings (SSSR count). The molecule has 0 aromatic rings. The standard InChI is InChI=1S/C10H21N2/c1-10(2,3)8-9-11(4)6-7-12(9)5/h6-8H2,1-5H3/q+1. The lowest BCUT2D eigenvalue weighted by atomic mass is 9.91. The molecule has 0 amide bonds. The maximum atomic E-state index is 2.37. The van der Waals surface area contributed by atoms with Crippen LogP contribution in [0.2, 0.25) is 0 Å². The highest BCUT2D eigenvalue weighted by Gasteiger charge is 2.28. The normalized spacial score (nSPS) is 19.2. The molecule has 0 bridgehead atoms. The van der Waals surface area contributed by atoms with Crippen molar-refractivity contribution in [2.75, 3.05) is 27.2 Å². The molecule has 0 aromatic carbocycles. The van der Waals surface area contributed by atoms with Crippen LogP contribution in [0.3, 0.4) is 0 Å². The van der Waals surface area contributed by atoms with Crippen molar-refractivity contribution in [1.29, 1.82) is 0 Å². The zero-order valence-corrected chi connectivity index (χ0v) is 9.02. The Hall–Kier alpha value is -0.530. The predicted octanol–water partition coefficient (Wildman–Crippen LogP) is 1.41. The van der Waals surface area contributed by atoms with Gasteiger partial charge in [-0.2, -0.15) is 0 Å². The van der Waals surface area contributed by atoms with Gasteiger partial charge >= 0.3 is 0 Å². The summed E-state index contributed by atoms with van der Waals surface area (Å²) in [6.07, 6.45) is 1.18. The number of nitrogens with zero attached hydrogens (tertiary/aromatic N) is 2. The van der Waals surface area contributed by atoms with Gasteiger partial charge in [0.2, 0.25) is 5.84 Å². The molecule has 0 saturated carbocycles. The van der Waals surface area contributed by atoms with E-state index in [4.69, 9.17) is 0 Å². The monoisotopic (exact) mass is 169 g/mol. The molecule has 1 heterocycles. The van der Waals surface area contributed by atoms with E-state index in [1.54, 1.807) is 0 Å². The maximum Gasteiger partial charge on any atom is 0.247 e. The van der Waals surface area contributed by atoms with Gasteiger partial charge in [-0.3, -0.25) is 9.48 Å². The molecule has 1 aliphatic heterocycles. The molecule has 2 nitrogen and oxygen atoms in total. The third-order valence-electron chi connectivity index (χ3n) is 2.34. The second-order valence-corrected chi connectivity index (χ2v) is 5.00. The summed E-state index contributed by atoms with van der Waals surface area (Å²) < 4.78 is 2.37. The van der Waals surface area contributed by atoms with Crippen molar-refractivity contribution in [1.82, 2.24) is 4.90 Å². The largest absolute Gasteiger partial charge is 0.264 e. The van der Waals surface area contributed by atoms with Crippen molar-refractivity contribution in [3.8, 4) is 0 Å². The van der Waals surface area contributed by atoms with Crippen molar-refractivity contribution in [2.24, 2.45) is 5.41 Å². The number of likely N-dealkylation sites (N-methyl/N-ethyl adjacent to an activating group) is 2. The molecule has 0 N–H and O–H groups in total. The molecule has 2 heteroatoms. The summed E-state index contributed by atoms with van der Waals surface area (Å²) in [5.41, 5.74) is 0.405. The smallest absolute Gasteiger partial charge is 0.247 e. The van der Waals surface area contributed by atoms with Gasteiger partial charge in [0.25, 0.3) is 0 Å². The molecule has 0 unspecified atom stereocenters. The lowest BCUT2D eigenvalue weighted by Crippen LogP contribution is -2.29. The fraction of sp³-hybridized carbons (Fsp3) is 0.900. The van der Waals surface area contributed by atoms with Crippen LogP contribution >= 0.6 is 0 Å². The minimum absolute atomic E-state index is 0.405. The molecule has 12 heavy (non-hydrogen) atoms. The average molecular weight is 169 g/mol. The van der Waals surface area contributed by atoms with Crippen molar-refractivity contribution in [3.63, 3.8) is 0 Å². The van der Waals surface area contributed by atoms with Crippen molar-refractivity contribution >= 4 is 5.84 Å². The Morgan fingerprint density at radius 3 is 2.33 bits per heavy atom. The highest BCUT2D eigenvalue weighted by molar-refractivity contribution is 5.78. The number of amidine groups is 1. The van der Waals surface area contributed by atoms with Gasteiger partial charge in [0.05, 0.1) is 20.5 Å². The minimum Gasteiger partial charge on any atom is -0.264 e. The summed E-state index contributed by atoms with van der Waals surface area (Å²) in [6.45, 7) is 9.24. The fourth-order valence-corrected chi connectivity index (χ4v) is 1.59. The van der Waals surface area contributed by atoms with Crippen LogP contribution in [0.4, 0.5) is 0 Å². The topological polar surface area (TPSA) is 6.25 Å². The molecule has 0 aromatic heterocycles. The minimum atomic E-state index is 0.405.